The van der Waals surface area contributed by atoms with Gasteiger partial charge in [0.25, 0.3) is 0 Å². The molecule has 11 heteroatoms. The molecule has 5 rings (SSSR count). The Bertz CT molecular complexity index is 1050. The first-order chi connectivity index (χ1) is 17.5. The molecule has 2 aromatic rings. The van der Waals surface area contributed by atoms with E-state index >= 15 is 0 Å². The maximum absolute atomic E-state index is 13.2. The third kappa shape index (κ3) is 5.40. The molecule has 1 unspecified atom stereocenters. The number of amides is 2. The van der Waals surface area contributed by atoms with Crippen molar-refractivity contribution in [3.63, 3.8) is 0 Å². The first-order valence-electron chi connectivity index (χ1n) is 12.5. The molecule has 0 aliphatic carbocycles. The van der Waals surface area contributed by atoms with Crippen LogP contribution in [0.25, 0.3) is 0 Å². The third-order valence-corrected chi connectivity index (χ3v) is 7.53. The van der Waals surface area contributed by atoms with E-state index in [2.05, 4.69) is 24.9 Å². The predicted molar refractivity (Wildman–Crippen MR) is 138 cm³/mol. The zero-order valence-corrected chi connectivity index (χ0v) is 21.1. The second-order valence-electron chi connectivity index (χ2n) is 9.50. The fraction of sp³-hybridized carbons (Fsp3) is 0.520. The van der Waals surface area contributed by atoms with Gasteiger partial charge in [0.15, 0.2) is 11.6 Å². The van der Waals surface area contributed by atoms with Gasteiger partial charge in [-0.1, -0.05) is 11.6 Å². The van der Waals surface area contributed by atoms with Crippen LogP contribution in [-0.4, -0.2) is 109 Å². The van der Waals surface area contributed by atoms with Gasteiger partial charge in [0.1, 0.15) is 0 Å². The standard InChI is InChI=1S/C25H32ClN7O3/c26-20-1-3-21(4-2-20)33-18-19(17-24(33)35)25(36)32-13-11-31(12-14-32)23-6-5-22(27-28-23)30-9-7-29(8-10-30)15-16-34/h1-6,19,34H,7-18H2. The number of piperazine rings is 2. The summed E-state index contributed by atoms with van der Waals surface area (Å²) in [4.78, 5) is 35.9. The highest BCUT2D eigenvalue weighted by Crippen LogP contribution is 2.28. The highest BCUT2D eigenvalue weighted by Gasteiger charge is 2.38. The Kier molecular flexibility index (Phi) is 7.54. The number of nitrogens with zero attached hydrogens (tertiary/aromatic N) is 7. The van der Waals surface area contributed by atoms with Crippen molar-refractivity contribution in [2.75, 3.05) is 86.8 Å². The quantitative estimate of drug-likeness (QED) is 0.610. The molecule has 1 aromatic carbocycles. The Labute approximate surface area is 216 Å². The Morgan fingerprint density at radius 2 is 1.47 bits per heavy atom. The van der Waals surface area contributed by atoms with Crippen LogP contribution in [0.3, 0.4) is 0 Å². The molecule has 3 aliphatic rings. The minimum absolute atomic E-state index is 0.0283. The first-order valence-corrected chi connectivity index (χ1v) is 12.9. The van der Waals surface area contributed by atoms with Crippen molar-refractivity contribution in [2.24, 2.45) is 5.92 Å². The average molecular weight is 514 g/mol. The summed E-state index contributed by atoms with van der Waals surface area (Å²) in [6, 6.07) is 11.2. The molecule has 4 heterocycles. The molecule has 192 valence electrons. The summed E-state index contributed by atoms with van der Waals surface area (Å²) in [5, 5.41) is 18.6. The predicted octanol–water partition coefficient (Wildman–Crippen LogP) is 0.946. The lowest BCUT2D eigenvalue weighted by molar-refractivity contribution is -0.136. The van der Waals surface area contributed by atoms with Gasteiger partial charge in [0, 0.05) is 82.6 Å². The van der Waals surface area contributed by atoms with Crippen LogP contribution in [0.2, 0.25) is 5.02 Å². The molecule has 36 heavy (non-hydrogen) atoms. The number of carbonyl (C=O) groups is 2. The van der Waals surface area contributed by atoms with Crippen molar-refractivity contribution >= 4 is 40.7 Å². The summed E-state index contributed by atoms with van der Waals surface area (Å²) in [5.74, 6) is 1.37. The zero-order valence-electron chi connectivity index (χ0n) is 20.3. The molecule has 0 spiro atoms. The third-order valence-electron chi connectivity index (χ3n) is 7.28. The highest BCUT2D eigenvalue weighted by molar-refractivity contribution is 6.30. The van der Waals surface area contributed by atoms with E-state index in [-0.39, 0.29) is 30.8 Å². The molecule has 10 nitrogen and oxygen atoms in total. The van der Waals surface area contributed by atoms with E-state index < -0.39 is 0 Å². The number of β-amino-alcohol motifs (C(OH)–C–C–N with tert-alkyl or cyclic N) is 1. The van der Waals surface area contributed by atoms with Gasteiger partial charge in [-0.05, 0) is 36.4 Å². The SMILES string of the molecule is O=C(C1CC(=O)N(c2ccc(Cl)cc2)C1)N1CCN(c2ccc(N3CCN(CCO)CC3)nn2)CC1. The van der Waals surface area contributed by atoms with Crippen molar-refractivity contribution in [3.05, 3.63) is 41.4 Å². The van der Waals surface area contributed by atoms with Crippen LogP contribution in [0, 0.1) is 5.92 Å². The largest absolute Gasteiger partial charge is 0.395 e. The molecule has 2 amide bonds. The van der Waals surface area contributed by atoms with Crippen molar-refractivity contribution < 1.29 is 14.7 Å². The molecule has 3 saturated heterocycles. The van der Waals surface area contributed by atoms with Crippen molar-refractivity contribution in [1.82, 2.24) is 20.0 Å². The Morgan fingerprint density at radius 1 is 0.889 bits per heavy atom. The lowest BCUT2D eigenvalue weighted by atomic mass is 10.1. The molecule has 1 aromatic heterocycles. The number of aromatic nitrogens is 2. The summed E-state index contributed by atoms with van der Waals surface area (Å²) in [5.41, 5.74) is 0.776. The number of aliphatic hydroxyl groups is 1. The van der Waals surface area contributed by atoms with Crippen LogP contribution in [0.15, 0.2) is 36.4 Å². The molecule has 3 fully saturated rings. The highest BCUT2D eigenvalue weighted by atomic mass is 35.5. The number of aliphatic hydroxyl groups excluding tert-OH is 1. The van der Waals surface area contributed by atoms with Crippen LogP contribution in [-0.2, 0) is 9.59 Å². The van der Waals surface area contributed by atoms with E-state index in [0.29, 0.717) is 44.3 Å². The van der Waals surface area contributed by atoms with Crippen molar-refractivity contribution in [2.45, 2.75) is 6.42 Å². The minimum atomic E-state index is -0.323. The normalized spacial score (nSPS) is 21.4. The molecule has 1 atom stereocenters. The van der Waals surface area contributed by atoms with E-state index in [1.165, 1.54) is 0 Å². The molecule has 0 radical (unpaired) electrons. The fourth-order valence-electron chi connectivity index (χ4n) is 5.16. The van der Waals surface area contributed by atoms with Gasteiger partial charge in [-0.3, -0.25) is 14.5 Å². The van der Waals surface area contributed by atoms with Crippen molar-refractivity contribution in [3.8, 4) is 0 Å². The van der Waals surface area contributed by atoms with E-state index in [0.717, 1.165) is 43.5 Å². The van der Waals surface area contributed by atoms with E-state index in [4.69, 9.17) is 16.7 Å². The Balaban J connectivity index is 1.12. The summed E-state index contributed by atoms with van der Waals surface area (Å²) in [7, 11) is 0. The molecular formula is C25H32ClN7O3. The van der Waals surface area contributed by atoms with E-state index in [1.54, 1.807) is 17.0 Å². The molecule has 0 saturated carbocycles. The number of anilines is 3. The maximum atomic E-state index is 13.2. The second kappa shape index (κ2) is 11.0. The van der Waals surface area contributed by atoms with E-state index in [9.17, 15) is 9.59 Å². The van der Waals surface area contributed by atoms with Crippen LogP contribution >= 0.6 is 11.6 Å². The molecule has 0 bridgehead atoms. The summed E-state index contributed by atoms with van der Waals surface area (Å²) in [6.45, 7) is 7.42. The number of halogens is 1. The number of carbonyl (C=O) groups excluding carboxylic acids is 2. The van der Waals surface area contributed by atoms with Gasteiger partial charge in [0.2, 0.25) is 11.8 Å². The maximum Gasteiger partial charge on any atom is 0.228 e. The lowest BCUT2D eigenvalue weighted by Gasteiger charge is -2.37. The van der Waals surface area contributed by atoms with Crippen molar-refractivity contribution in [1.29, 1.82) is 0 Å². The van der Waals surface area contributed by atoms with Gasteiger partial charge >= 0.3 is 0 Å². The molecule has 1 N–H and O–H groups in total. The summed E-state index contributed by atoms with van der Waals surface area (Å²) in [6.07, 6.45) is 0.239. The zero-order chi connectivity index (χ0) is 25.1. The van der Waals surface area contributed by atoms with Gasteiger partial charge < -0.3 is 24.7 Å². The Hall–Kier alpha value is -2.95. The van der Waals surface area contributed by atoms with Crippen LogP contribution in [0.1, 0.15) is 6.42 Å². The topological polar surface area (TPSA) is 96.4 Å². The lowest BCUT2D eigenvalue weighted by Crippen LogP contribution is -2.51. The fourth-order valence-corrected chi connectivity index (χ4v) is 5.28. The minimum Gasteiger partial charge on any atom is -0.395 e. The van der Waals surface area contributed by atoms with Gasteiger partial charge in [-0.2, -0.15) is 0 Å². The average Bonchev–Trinajstić information content (AvgIpc) is 3.31. The molecular weight excluding hydrogens is 482 g/mol. The smallest absolute Gasteiger partial charge is 0.228 e. The number of rotatable bonds is 6. The monoisotopic (exact) mass is 513 g/mol. The summed E-state index contributed by atoms with van der Waals surface area (Å²) >= 11 is 5.96. The second-order valence-corrected chi connectivity index (χ2v) is 9.93. The van der Waals surface area contributed by atoms with E-state index in [1.807, 2.05) is 29.2 Å². The van der Waals surface area contributed by atoms with Crippen LogP contribution in [0.5, 0.6) is 0 Å². The van der Waals surface area contributed by atoms with Crippen LogP contribution < -0.4 is 14.7 Å². The Morgan fingerprint density at radius 3 is 2.03 bits per heavy atom. The van der Waals surface area contributed by atoms with Gasteiger partial charge in [-0.15, -0.1) is 10.2 Å². The number of hydrogen-bond acceptors (Lipinski definition) is 8. The van der Waals surface area contributed by atoms with Gasteiger partial charge in [0.05, 0.1) is 12.5 Å². The molecule has 3 aliphatic heterocycles. The number of benzene rings is 1. The van der Waals surface area contributed by atoms with Crippen LogP contribution in [0.4, 0.5) is 17.3 Å². The van der Waals surface area contributed by atoms with Gasteiger partial charge in [-0.25, -0.2) is 0 Å². The first kappa shape index (κ1) is 24.7. The summed E-state index contributed by atoms with van der Waals surface area (Å²) < 4.78 is 0. The number of hydrogen-bond donors (Lipinski definition) is 1.